The highest BCUT2D eigenvalue weighted by Crippen LogP contribution is 2.38. The molecule has 0 bridgehead atoms. The lowest BCUT2D eigenvalue weighted by Gasteiger charge is -2.30. The first kappa shape index (κ1) is 57.5. The van der Waals surface area contributed by atoms with Gasteiger partial charge in [-0.25, -0.2) is 0 Å². The molecule has 3 unspecified atom stereocenters. The molecule has 2 N–H and O–H groups in total. The van der Waals surface area contributed by atoms with E-state index < -0.39 is 20.0 Å². The summed E-state index contributed by atoms with van der Waals surface area (Å²) >= 11 is 0. The number of amides is 1. The Kier molecular flexibility index (Phi) is 41.5. The Hall–Kier alpha value is -0.500. The van der Waals surface area contributed by atoms with Crippen molar-refractivity contribution in [3.63, 3.8) is 0 Å². The molecule has 348 valence electrons. The SMILES string of the molecule is CCCCCCCCCCCCCCCCCCCCCCC(=O)NC(COP(=O)([O-])OCC[N+](C)(C)C)C(O)CCCCCCCCCCCCCCCCCC. The van der Waals surface area contributed by atoms with Crippen LogP contribution in [0.15, 0.2) is 0 Å². The highest BCUT2D eigenvalue weighted by atomic mass is 31.2. The molecule has 0 aliphatic heterocycles. The summed E-state index contributed by atoms with van der Waals surface area (Å²) in [6.07, 6.45) is 46.8. The van der Waals surface area contributed by atoms with Gasteiger partial charge < -0.3 is 28.8 Å². The number of likely N-dealkylation sites (N-methyl/N-ethyl adjacent to an activating group) is 1. The van der Waals surface area contributed by atoms with Gasteiger partial charge in [0.05, 0.1) is 39.9 Å². The second-order valence-corrected chi connectivity index (χ2v) is 20.3. The average molecular weight is 845 g/mol. The fraction of sp³-hybridized carbons (Fsp3) is 0.980. The molecule has 0 aromatic carbocycles. The van der Waals surface area contributed by atoms with Crippen molar-refractivity contribution in [2.45, 2.75) is 270 Å². The molecular weight excluding hydrogens is 744 g/mol. The molecule has 8 nitrogen and oxygen atoms in total. The van der Waals surface area contributed by atoms with E-state index in [9.17, 15) is 19.4 Å². The van der Waals surface area contributed by atoms with E-state index in [2.05, 4.69) is 19.2 Å². The van der Waals surface area contributed by atoms with Gasteiger partial charge in [-0.3, -0.25) is 9.36 Å². The quantitative estimate of drug-likeness (QED) is 0.0359. The maximum Gasteiger partial charge on any atom is 0.268 e. The summed E-state index contributed by atoms with van der Waals surface area (Å²) in [5.74, 6) is -0.159. The summed E-state index contributed by atoms with van der Waals surface area (Å²) in [6, 6.07) is -0.793. The first-order valence-electron chi connectivity index (χ1n) is 25.4. The average Bonchev–Trinajstić information content (AvgIpc) is 3.17. The number of quaternary nitrogens is 1. The number of nitrogens with zero attached hydrogens (tertiary/aromatic N) is 1. The van der Waals surface area contributed by atoms with Crippen LogP contribution in [0.2, 0.25) is 0 Å². The summed E-state index contributed by atoms with van der Waals surface area (Å²) in [7, 11) is 1.32. The first-order valence-corrected chi connectivity index (χ1v) is 26.8. The van der Waals surface area contributed by atoms with E-state index in [1.807, 2.05) is 21.1 Å². The van der Waals surface area contributed by atoms with Crippen LogP contribution in [0.25, 0.3) is 0 Å². The van der Waals surface area contributed by atoms with Crippen LogP contribution in [0.1, 0.15) is 258 Å². The molecule has 1 amide bonds. The van der Waals surface area contributed by atoms with E-state index in [0.717, 1.165) is 38.5 Å². The van der Waals surface area contributed by atoms with Gasteiger partial charge in [0.15, 0.2) is 0 Å². The molecule has 0 aromatic rings. The van der Waals surface area contributed by atoms with Gasteiger partial charge in [0.2, 0.25) is 5.91 Å². The summed E-state index contributed by atoms with van der Waals surface area (Å²) in [5.41, 5.74) is 0. The molecule has 0 rings (SSSR count). The van der Waals surface area contributed by atoms with Crippen molar-refractivity contribution in [2.75, 3.05) is 40.9 Å². The van der Waals surface area contributed by atoms with Crippen molar-refractivity contribution < 1.29 is 32.9 Å². The predicted octanol–water partition coefficient (Wildman–Crippen LogP) is 13.9. The highest BCUT2D eigenvalue weighted by molar-refractivity contribution is 7.45. The monoisotopic (exact) mass is 845 g/mol. The van der Waals surface area contributed by atoms with Crippen LogP contribution in [0.3, 0.4) is 0 Å². The number of phosphoric ester groups is 1. The Morgan fingerprint density at radius 1 is 0.534 bits per heavy atom. The smallest absolute Gasteiger partial charge is 0.268 e. The predicted molar refractivity (Wildman–Crippen MR) is 247 cm³/mol. The van der Waals surface area contributed by atoms with Crippen molar-refractivity contribution in [2.24, 2.45) is 0 Å². The molecule has 3 atom stereocenters. The third-order valence-corrected chi connectivity index (χ3v) is 12.8. The zero-order chi connectivity index (χ0) is 42.8. The molecule has 0 aromatic heterocycles. The fourth-order valence-electron chi connectivity index (χ4n) is 7.81. The van der Waals surface area contributed by atoms with Crippen molar-refractivity contribution in [3.8, 4) is 0 Å². The molecular formula is C49H101N2O6P. The number of hydrogen-bond donors (Lipinski definition) is 2. The zero-order valence-corrected chi connectivity index (χ0v) is 40.4. The Morgan fingerprint density at radius 2 is 0.845 bits per heavy atom. The summed E-state index contributed by atoms with van der Waals surface area (Å²) in [6.45, 7) is 4.76. The van der Waals surface area contributed by atoms with E-state index in [-0.39, 0.29) is 19.1 Å². The van der Waals surface area contributed by atoms with Gasteiger partial charge in [0.25, 0.3) is 7.82 Å². The minimum atomic E-state index is -4.56. The van der Waals surface area contributed by atoms with Gasteiger partial charge in [0, 0.05) is 6.42 Å². The Labute approximate surface area is 361 Å². The molecule has 0 heterocycles. The highest BCUT2D eigenvalue weighted by Gasteiger charge is 2.24. The van der Waals surface area contributed by atoms with E-state index in [4.69, 9.17) is 9.05 Å². The molecule has 0 radical (unpaired) electrons. The fourth-order valence-corrected chi connectivity index (χ4v) is 8.53. The largest absolute Gasteiger partial charge is 0.756 e. The van der Waals surface area contributed by atoms with Crippen molar-refractivity contribution >= 4 is 13.7 Å². The number of carbonyl (C=O) groups excluding carboxylic acids is 1. The third kappa shape index (κ3) is 43.6. The van der Waals surface area contributed by atoms with Crippen LogP contribution in [-0.4, -0.2) is 68.5 Å². The number of hydrogen-bond acceptors (Lipinski definition) is 6. The van der Waals surface area contributed by atoms with Crippen LogP contribution < -0.4 is 10.2 Å². The molecule has 0 saturated heterocycles. The van der Waals surface area contributed by atoms with Crippen molar-refractivity contribution in [3.05, 3.63) is 0 Å². The van der Waals surface area contributed by atoms with Gasteiger partial charge in [-0.2, -0.15) is 0 Å². The lowest BCUT2D eigenvalue weighted by molar-refractivity contribution is -0.870. The van der Waals surface area contributed by atoms with Crippen LogP contribution >= 0.6 is 7.82 Å². The third-order valence-electron chi connectivity index (χ3n) is 11.8. The van der Waals surface area contributed by atoms with Gasteiger partial charge in [-0.15, -0.1) is 0 Å². The molecule has 9 heteroatoms. The number of rotatable bonds is 47. The maximum absolute atomic E-state index is 12.9. The minimum Gasteiger partial charge on any atom is -0.756 e. The van der Waals surface area contributed by atoms with E-state index in [1.54, 1.807) is 0 Å². The second kappa shape index (κ2) is 41.8. The standard InChI is InChI=1S/C49H101N2O6P/c1-6-8-10-12-14-16-18-20-22-24-25-26-27-29-31-33-35-37-39-41-43-49(53)50-47(46-57-58(54,55)56-45-44-51(3,4)5)48(52)42-40-38-36-34-32-30-28-23-21-19-17-15-13-11-9-7-2/h47-48,52H,6-46H2,1-5H3,(H-,50,53,54,55). The molecule has 0 spiro atoms. The normalized spacial score (nSPS) is 14.1. The van der Waals surface area contributed by atoms with E-state index >= 15 is 0 Å². The van der Waals surface area contributed by atoms with Crippen LogP contribution in [0.4, 0.5) is 0 Å². The van der Waals surface area contributed by atoms with Gasteiger partial charge in [-0.05, 0) is 12.8 Å². The number of nitrogens with one attached hydrogen (secondary N) is 1. The van der Waals surface area contributed by atoms with Crippen LogP contribution in [-0.2, 0) is 18.4 Å². The van der Waals surface area contributed by atoms with Crippen molar-refractivity contribution in [1.82, 2.24) is 5.32 Å². The number of aliphatic hydroxyl groups excluding tert-OH is 1. The first-order chi connectivity index (χ1) is 28.0. The molecule has 0 fully saturated rings. The maximum atomic E-state index is 12.9. The Morgan fingerprint density at radius 3 is 1.17 bits per heavy atom. The zero-order valence-electron chi connectivity index (χ0n) is 39.5. The topological polar surface area (TPSA) is 108 Å². The lowest BCUT2D eigenvalue weighted by Crippen LogP contribution is -2.46. The number of aliphatic hydroxyl groups is 1. The molecule has 58 heavy (non-hydrogen) atoms. The van der Waals surface area contributed by atoms with E-state index in [1.165, 1.54) is 193 Å². The van der Waals surface area contributed by atoms with E-state index in [0.29, 0.717) is 23.9 Å². The lowest BCUT2D eigenvalue weighted by atomic mass is 10.0. The summed E-state index contributed by atoms with van der Waals surface area (Å²) in [5, 5.41) is 14.0. The van der Waals surface area contributed by atoms with Gasteiger partial charge in [0.1, 0.15) is 13.2 Å². The Balaban J connectivity index is 4.22. The van der Waals surface area contributed by atoms with Gasteiger partial charge >= 0.3 is 0 Å². The van der Waals surface area contributed by atoms with Crippen LogP contribution in [0, 0.1) is 0 Å². The van der Waals surface area contributed by atoms with Crippen molar-refractivity contribution in [1.29, 1.82) is 0 Å². The molecule has 0 aliphatic carbocycles. The summed E-state index contributed by atoms with van der Waals surface area (Å²) in [4.78, 5) is 25.4. The minimum absolute atomic E-state index is 0.0164. The second-order valence-electron chi connectivity index (χ2n) is 18.9. The van der Waals surface area contributed by atoms with Gasteiger partial charge in [-0.1, -0.05) is 239 Å². The van der Waals surface area contributed by atoms with Crippen LogP contribution in [0.5, 0.6) is 0 Å². The molecule has 0 aliphatic rings. The number of carbonyl (C=O) groups is 1. The summed E-state index contributed by atoms with van der Waals surface area (Å²) < 4.78 is 23.3. The number of phosphoric acid groups is 1. The number of unbranched alkanes of at least 4 members (excludes halogenated alkanes) is 34. The Bertz CT molecular complexity index is 916. The molecule has 0 saturated carbocycles.